The second kappa shape index (κ2) is 11.0. The minimum atomic E-state index is -4.41. The number of alkyl halides is 3. The van der Waals surface area contributed by atoms with Crippen molar-refractivity contribution < 1.29 is 27.4 Å². The molecule has 2 unspecified atom stereocenters. The van der Waals surface area contributed by atoms with E-state index in [-0.39, 0.29) is 24.4 Å². The molecule has 3 aromatic rings. The molecule has 2 atom stereocenters. The lowest BCUT2D eigenvalue weighted by atomic mass is 9.90. The van der Waals surface area contributed by atoms with E-state index in [1.165, 1.54) is 11.6 Å². The van der Waals surface area contributed by atoms with Crippen LogP contribution >= 0.6 is 0 Å². The number of ether oxygens (including phenoxy) is 2. The van der Waals surface area contributed by atoms with Gasteiger partial charge in [0.25, 0.3) is 0 Å². The maximum Gasteiger partial charge on any atom is 0.416 e. The molecule has 0 saturated heterocycles. The van der Waals surface area contributed by atoms with Gasteiger partial charge in [0.1, 0.15) is 12.4 Å². The van der Waals surface area contributed by atoms with Gasteiger partial charge in [-0.05, 0) is 73.1 Å². The van der Waals surface area contributed by atoms with Crippen molar-refractivity contribution in [3.8, 4) is 5.75 Å². The van der Waals surface area contributed by atoms with E-state index in [0.29, 0.717) is 29.9 Å². The molecule has 0 amide bonds. The van der Waals surface area contributed by atoms with Crippen LogP contribution in [0.3, 0.4) is 0 Å². The lowest BCUT2D eigenvalue weighted by Crippen LogP contribution is -2.12. The number of carbonyl (C=O) groups excluding carboxylic acids is 1. The van der Waals surface area contributed by atoms with Gasteiger partial charge in [0, 0.05) is 22.5 Å². The number of aromatic nitrogens is 1. The van der Waals surface area contributed by atoms with Crippen LogP contribution < -0.4 is 4.74 Å². The summed E-state index contributed by atoms with van der Waals surface area (Å²) in [5.74, 6) is 0.367. The number of rotatable bonds is 10. The summed E-state index contributed by atoms with van der Waals surface area (Å²) in [6.45, 7) is 6.12. The third-order valence-corrected chi connectivity index (χ3v) is 7.13. The summed E-state index contributed by atoms with van der Waals surface area (Å²) in [6, 6.07) is 10.2. The van der Waals surface area contributed by atoms with Crippen molar-refractivity contribution in [3.05, 3.63) is 64.3 Å². The van der Waals surface area contributed by atoms with Gasteiger partial charge in [-0.3, -0.25) is 4.79 Å². The van der Waals surface area contributed by atoms with Gasteiger partial charge in [-0.25, -0.2) is 0 Å². The first-order valence-corrected chi connectivity index (χ1v) is 12.8. The molecule has 36 heavy (non-hydrogen) atoms. The van der Waals surface area contributed by atoms with Crippen LogP contribution in [0.25, 0.3) is 10.9 Å². The molecule has 7 heteroatoms. The van der Waals surface area contributed by atoms with Crippen LogP contribution in [0.2, 0.25) is 0 Å². The minimum absolute atomic E-state index is 0.0519. The van der Waals surface area contributed by atoms with Crippen molar-refractivity contribution in [1.82, 2.24) is 4.98 Å². The molecule has 0 radical (unpaired) electrons. The third-order valence-electron chi connectivity index (χ3n) is 7.13. The number of nitrogens with one attached hydrogen (secondary N) is 1. The fraction of sp³-hybridized carbons (Fsp3) is 0.483. The van der Waals surface area contributed by atoms with Crippen LogP contribution in [0, 0.1) is 0 Å². The zero-order chi connectivity index (χ0) is 25.9. The summed E-state index contributed by atoms with van der Waals surface area (Å²) in [6.07, 6.45) is 0.273. The van der Waals surface area contributed by atoms with E-state index in [0.717, 1.165) is 48.7 Å². The number of unbranched alkanes of at least 4 members (excludes halogenated alkanes) is 1. The Balaban J connectivity index is 1.50. The Hall–Kier alpha value is -2.96. The van der Waals surface area contributed by atoms with Gasteiger partial charge < -0.3 is 14.5 Å². The second-order valence-electron chi connectivity index (χ2n) is 9.72. The monoisotopic (exact) mass is 501 g/mol. The van der Waals surface area contributed by atoms with Crippen LogP contribution in [-0.2, 0) is 28.7 Å². The van der Waals surface area contributed by atoms with Gasteiger partial charge >= 0.3 is 12.1 Å². The minimum Gasteiger partial charge on any atom is -0.489 e. The molecule has 0 spiro atoms. The Morgan fingerprint density at radius 2 is 1.97 bits per heavy atom. The number of esters is 1. The topological polar surface area (TPSA) is 51.3 Å². The molecule has 0 fully saturated rings. The normalized spacial score (nSPS) is 16.2. The fourth-order valence-corrected chi connectivity index (χ4v) is 5.24. The smallest absolute Gasteiger partial charge is 0.416 e. The van der Waals surface area contributed by atoms with Gasteiger partial charge in [0.05, 0.1) is 18.6 Å². The number of aryl methyl sites for hydroxylation is 1. The van der Waals surface area contributed by atoms with E-state index in [1.807, 2.05) is 32.0 Å². The summed E-state index contributed by atoms with van der Waals surface area (Å²) in [4.78, 5) is 15.4. The maximum atomic E-state index is 13.8. The Labute approximate surface area is 210 Å². The standard InChI is InChI=1S/C29H34F3NO3/c1-4-6-7-18(3)22-11-8-19(14-25(22)29(30,31)32)17-36-21-10-13-26-24(16-21)23-12-9-20(28(23)33-26)15-27(34)35-5-2/h8,10-11,13-14,16,18,20,33H,4-7,9,12,15,17H2,1-3H3. The molecule has 1 N–H and O–H groups in total. The number of halogens is 3. The largest absolute Gasteiger partial charge is 0.489 e. The van der Waals surface area contributed by atoms with Crippen LogP contribution in [0.1, 0.15) is 92.7 Å². The Morgan fingerprint density at radius 3 is 2.69 bits per heavy atom. The highest BCUT2D eigenvalue weighted by molar-refractivity contribution is 5.87. The maximum absolute atomic E-state index is 13.8. The van der Waals surface area contributed by atoms with Gasteiger partial charge in [0.15, 0.2) is 0 Å². The molecule has 0 aliphatic heterocycles. The molecule has 0 saturated carbocycles. The van der Waals surface area contributed by atoms with Crippen molar-refractivity contribution in [2.45, 2.75) is 83.9 Å². The summed E-state index contributed by atoms with van der Waals surface area (Å²) in [7, 11) is 0. The van der Waals surface area contributed by atoms with Gasteiger partial charge in [0.2, 0.25) is 0 Å². The second-order valence-corrected chi connectivity index (χ2v) is 9.72. The van der Waals surface area contributed by atoms with E-state index in [1.54, 1.807) is 19.1 Å². The van der Waals surface area contributed by atoms with E-state index < -0.39 is 11.7 Å². The van der Waals surface area contributed by atoms with E-state index >= 15 is 0 Å². The Bertz CT molecular complexity index is 1210. The summed E-state index contributed by atoms with van der Waals surface area (Å²) < 4.78 is 52.5. The summed E-state index contributed by atoms with van der Waals surface area (Å²) in [5, 5.41) is 1.03. The molecule has 1 aromatic heterocycles. The highest BCUT2D eigenvalue weighted by atomic mass is 19.4. The quantitative estimate of drug-likeness (QED) is 0.286. The molecule has 2 aromatic carbocycles. The van der Waals surface area contributed by atoms with Crippen LogP contribution in [0.5, 0.6) is 5.75 Å². The van der Waals surface area contributed by atoms with Crippen molar-refractivity contribution in [2.75, 3.05) is 6.61 Å². The number of carbonyl (C=O) groups is 1. The van der Waals surface area contributed by atoms with E-state index in [9.17, 15) is 18.0 Å². The van der Waals surface area contributed by atoms with Gasteiger partial charge in [-0.2, -0.15) is 13.2 Å². The molecule has 1 aliphatic rings. The van der Waals surface area contributed by atoms with Gasteiger partial charge in [-0.1, -0.05) is 38.8 Å². The molecule has 1 aliphatic carbocycles. The SMILES string of the molecule is CCCCC(C)c1ccc(COc2ccc3[nH]c4c(c3c2)CCC4CC(=O)OCC)cc1C(F)(F)F. The average molecular weight is 502 g/mol. The Kier molecular flexibility index (Phi) is 7.96. The summed E-state index contributed by atoms with van der Waals surface area (Å²) >= 11 is 0. The molecule has 4 nitrogen and oxygen atoms in total. The van der Waals surface area contributed by atoms with Crippen LogP contribution in [-0.4, -0.2) is 17.6 Å². The molecular weight excluding hydrogens is 467 g/mol. The molecule has 194 valence electrons. The number of hydrogen-bond donors (Lipinski definition) is 1. The number of benzene rings is 2. The zero-order valence-electron chi connectivity index (χ0n) is 21.1. The van der Waals surface area contributed by atoms with Crippen molar-refractivity contribution in [1.29, 1.82) is 0 Å². The van der Waals surface area contributed by atoms with Crippen LogP contribution in [0.15, 0.2) is 36.4 Å². The first-order chi connectivity index (χ1) is 17.2. The predicted octanol–water partition coefficient (Wildman–Crippen LogP) is 8.04. The Morgan fingerprint density at radius 1 is 1.17 bits per heavy atom. The molecule has 4 rings (SSSR count). The average Bonchev–Trinajstić information content (AvgIpc) is 3.40. The molecular formula is C29H34F3NO3. The zero-order valence-corrected chi connectivity index (χ0v) is 21.1. The van der Waals surface area contributed by atoms with Gasteiger partial charge in [-0.15, -0.1) is 0 Å². The predicted molar refractivity (Wildman–Crippen MR) is 134 cm³/mol. The highest BCUT2D eigenvalue weighted by Gasteiger charge is 2.35. The van der Waals surface area contributed by atoms with E-state index in [2.05, 4.69) is 4.98 Å². The number of H-pyrrole nitrogens is 1. The highest BCUT2D eigenvalue weighted by Crippen LogP contribution is 2.41. The van der Waals surface area contributed by atoms with Crippen molar-refractivity contribution in [2.24, 2.45) is 0 Å². The fourth-order valence-electron chi connectivity index (χ4n) is 5.24. The molecule has 0 bridgehead atoms. The van der Waals surface area contributed by atoms with Crippen molar-refractivity contribution in [3.63, 3.8) is 0 Å². The number of aromatic amines is 1. The lowest BCUT2D eigenvalue weighted by molar-refractivity contribution is -0.143. The first-order valence-electron chi connectivity index (χ1n) is 12.8. The summed E-state index contributed by atoms with van der Waals surface area (Å²) in [5.41, 5.74) is 3.47. The van der Waals surface area contributed by atoms with Crippen LogP contribution in [0.4, 0.5) is 13.2 Å². The number of hydrogen-bond acceptors (Lipinski definition) is 3. The van der Waals surface area contributed by atoms with E-state index in [4.69, 9.17) is 9.47 Å². The van der Waals surface area contributed by atoms with Crippen molar-refractivity contribution >= 4 is 16.9 Å². The lowest BCUT2D eigenvalue weighted by Gasteiger charge is -2.19. The third kappa shape index (κ3) is 5.71. The number of fused-ring (bicyclic) bond motifs is 3. The first kappa shape index (κ1) is 26.1. The molecule has 1 heterocycles.